The molecule has 1 aliphatic rings. The van der Waals surface area contributed by atoms with Gasteiger partial charge in [0.15, 0.2) is 0 Å². The summed E-state index contributed by atoms with van der Waals surface area (Å²) in [5, 5.41) is 15.8. The second-order valence-electron chi connectivity index (χ2n) is 5.21. The molecule has 1 unspecified atom stereocenters. The SMILES string of the molecule is CCNC(C)CC(=O)NC1(CO)CCCCC1. The van der Waals surface area contributed by atoms with Crippen LogP contribution in [0.1, 0.15) is 52.4 Å². The highest BCUT2D eigenvalue weighted by Crippen LogP contribution is 2.27. The van der Waals surface area contributed by atoms with Crippen LogP contribution in [0, 0.1) is 0 Å². The van der Waals surface area contributed by atoms with Crippen LogP contribution >= 0.6 is 0 Å². The second kappa shape index (κ2) is 6.97. The summed E-state index contributed by atoms with van der Waals surface area (Å²) in [7, 11) is 0. The molecule has 0 aromatic heterocycles. The summed E-state index contributed by atoms with van der Waals surface area (Å²) in [4.78, 5) is 11.9. The molecule has 4 heteroatoms. The standard InChI is InChI=1S/C13H26N2O2/c1-3-14-11(2)9-12(17)15-13(10-16)7-5-4-6-8-13/h11,14,16H,3-10H2,1-2H3,(H,15,17). The predicted octanol–water partition coefficient (Wildman–Crippen LogP) is 1.19. The molecule has 0 heterocycles. The Labute approximate surface area is 104 Å². The van der Waals surface area contributed by atoms with Crippen molar-refractivity contribution in [2.45, 2.75) is 64.0 Å². The van der Waals surface area contributed by atoms with Crippen LogP contribution in [-0.4, -0.2) is 35.7 Å². The zero-order valence-corrected chi connectivity index (χ0v) is 11.1. The summed E-state index contributed by atoms with van der Waals surface area (Å²) < 4.78 is 0. The second-order valence-corrected chi connectivity index (χ2v) is 5.21. The number of carbonyl (C=O) groups excluding carboxylic acids is 1. The summed E-state index contributed by atoms with van der Waals surface area (Å²) in [6, 6.07) is 0.194. The maximum atomic E-state index is 11.9. The van der Waals surface area contributed by atoms with Crippen LogP contribution in [0.3, 0.4) is 0 Å². The summed E-state index contributed by atoms with van der Waals surface area (Å²) in [6.07, 6.45) is 5.71. The first kappa shape index (κ1) is 14.5. The van der Waals surface area contributed by atoms with E-state index < -0.39 is 0 Å². The third-order valence-electron chi connectivity index (χ3n) is 3.56. The van der Waals surface area contributed by atoms with Gasteiger partial charge in [-0.1, -0.05) is 26.2 Å². The fourth-order valence-corrected chi connectivity index (χ4v) is 2.60. The van der Waals surface area contributed by atoms with E-state index in [-0.39, 0.29) is 24.1 Å². The van der Waals surface area contributed by atoms with Gasteiger partial charge in [0.25, 0.3) is 0 Å². The van der Waals surface area contributed by atoms with Gasteiger partial charge in [0, 0.05) is 12.5 Å². The number of rotatable bonds is 6. The van der Waals surface area contributed by atoms with E-state index in [0.29, 0.717) is 6.42 Å². The Balaban J connectivity index is 2.41. The lowest BCUT2D eigenvalue weighted by Crippen LogP contribution is -2.53. The number of hydrogen-bond donors (Lipinski definition) is 3. The van der Waals surface area contributed by atoms with Crippen LogP contribution in [0.15, 0.2) is 0 Å². The maximum absolute atomic E-state index is 11.9. The average Bonchev–Trinajstić information content (AvgIpc) is 2.30. The van der Waals surface area contributed by atoms with E-state index in [1.54, 1.807) is 0 Å². The minimum atomic E-state index is -0.346. The molecule has 1 rings (SSSR count). The zero-order chi connectivity index (χ0) is 12.7. The number of nitrogens with one attached hydrogen (secondary N) is 2. The van der Waals surface area contributed by atoms with Gasteiger partial charge in [0.2, 0.25) is 5.91 Å². The molecule has 1 atom stereocenters. The topological polar surface area (TPSA) is 61.4 Å². The number of amides is 1. The molecule has 0 aliphatic heterocycles. The van der Waals surface area contributed by atoms with Crippen molar-refractivity contribution < 1.29 is 9.90 Å². The van der Waals surface area contributed by atoms with Gasteiger partial charge in [-0.3, -0.25) is 4.79 Å². The molecule has 17 heavy (non-hydrogen) atoms. The molecule has 1 saturated carbocycles. The highest BCUT2D eigenvalue weighted by atomic mass is 16.3. The molecule has 1 aliphatic carbocycles. The Bertz CT molecular complexity index is 238. The van der Waals surface area contributed by atoms with Gasteiger partial charge in [-0.25, -0.2) is 0 Å². The van der Waals surface area contributed by atoms with E-state index in [0.717, 1.165) is 32.2 Å². The highest BCUT2D eigenvalue weighted by molar-refractivity contribution is 5.77. The minimum absolute atomic E-state index is 0.0504. The van der Waals surface area contributed by atoms with E-state index in [4.69, 9.17) is 0 Å². The van der Waals surface area contributed by atoms with Crippen LogP contribution in [-0.2, 0) is 4.79 Å². The van der Waals surface area contributed by atoms with E-state index in [1.807, 2.05) is 13.8 Å². The third-order valence-corrected chi connectivity index (χ3v) is 3.56. The summed E-state index contributed by atoms with van der Waals surface area (Å²) in [6.45, 7) is 4.98. The highest BCUT2D eigenvalue weighted by Gasteiger charge is 2.32. The maximum Gasteiger partial charge on any atom is 0.222 e. The molecule has 1 amide bonds. The molecule has 0 aromatic rings. The Hall–Kier alpha value is -0.610. The van der Waals surface area contributed by atoms with Gasteiger partial charge in [-0.2, -0.15) is 0 Å². The Morgan fingerprint density at radius 2 is 2.00 bits per heavy atom. The van der Waals surface area contributed by atoms with Gasteiger partial charge >= 0.3 is 0 Å². The Morgan fingerprint density at radius 1 is 1.35 bits per heavy atom. The molecule has 0 saturated heterocycles. The first-order chi connectivity index (χ1) is 8.12. The Kier molecular flexibility index (Phi) is 5.92. The van der Waals surface area contributed by atoms with Crippen LogP contribution in [0.2, 0.25) is 0 Å². The molecule has 0 spiro atoms. The number of hydrogen-bond acceptors (Lipinski definition) is 3. The molecule has 4 nitrogen and oxygen atoms in total. The average molecular weight is 242 g/mol. The molecule has 3 N–H and O–H groups in total. The van der Waals surface area contributed by atoms with Gasteiger partial charge < -0.3 is 15.7 Å². The van der Waals surface area contributed by atoms with E-state index in [1.165, 1.54) is 6.42 Å². The monoisotopic (exact) mass is 242 g/mol. The third kappa shape index (κ3) is 4.64. The fraction of sp³-hybridized carbons (Fsp3) is 0.923. The number of aliphatic hydroxyl groups excluding tert-OH is 1. The van der Waals surface area contributed by atoms with Crippen LogP contribution in [0.4, 0.5) is 0 Å². The quantitative estimate of drug-likeness (QED) is 0.655. The molecule has 1 fully saturated rings. The van der Waals surface area contributed by atoms with Crippen molar-refractivity contribution in [1.29, 1.82) is 0 Å². The van der Waals surface area contributed by atoms with E-state index in [9.17, 15) is 9.90 Å². The van der Waals surface area contributed by atoms with Gasteiger partial charge in [-0.15, -0.1) is 0 Å². The van der Waals surface area contributed by atoms with Gasteiger partial charge in [0.05, 0.1) is 12.1 Å². The summed E-state index contributed by atoms with van der Waals surface area (Å²) in [5.41, 5.74) is -0.346. The lowest BCUT2D eigenvalue weighted by molar-refractivity contribution is -0.124. The van der Waals surface area contributed by atoms with Crippen LogP contribution in [0.25, 0.3) is 0 Å². The van der Waals surface area contributed by atoms with Crippen molar-refractivity contribution in [3.63, 3.8) is 0 Å². The fourth-order valence-electron chi connectivity index (χ4n) is 2.60. The normalized spacial score (nSPS) is 20.9. The summed E-state index contributed by atoms with van der Waals surface area (Å²) >= 11 is 0. The summed E-state index contributed by atoms with van der Waals surface area (Å²) in [5.74, 6) is 0.0504. The zero-order valence-electron chi connectivity index (χ0n) is 11.1. The van der Waals surface area contributed by atoms with Gasteiger partial charge in [-0.05, 0) is 26.3 Å². The Morgan fingerprint density at radius 3 is 2.53 bits per heavy atom. The van der Waals surface area contributed by atoms with E-state index >= 15 is 0 Å². The molecular formula is C13H26N2O2. The number of carbonyl (C=O) groups is 1. The van der Waals surface area contributed by atoms with Crippen molar-refractivity contribution >= 4 is 5.91 Å². The number of aliphatic hydroxyl groups is 1. The predicted molar refractivity (Wildman–Crippen MR) is 68.8 cm³/mol. The van der Waals surface area contributed by atoms with Crippen molar-refractivity contribution in [3.8, 4) is 0 Å². The van der Waals surface area contributed by atoms with Crippen molar-refractivity contribution in [2.24, 2.45) is 0 Å². The molecule has 0 bridgehead atoms. The van der Waals surface area contributed by atoms with Crippen molar-refractivity contribution in [2.75, 3.05) is 13.2 Å². The van der Waals surface area contributed by atoms with Crippen molar-refractivity contribution in [3.05, 3.63) is 0 Å². The molecule has 100 valence electrons. The lowest BCUT2D eigenvalue weighted by atomic mass is 9.82. The first-order valence-electron chi connectivity index (χ1n) is 6.77. The smallest absolute Gasteiger partial charge is 0.222 e. The molecular weight excluding hydrogens is 216 g/mol. The first-order valence-corrected chi connectivity index (χ1v) is 6.77. The lowest BCUT2D eigenvalue weighted by Gasteiger charge is -2.36. The minimum Gasteiger partial charge on any atom is -0.394 e. The molecule has 0 aromatic carbocycles. The van der Waals surface area contributed by atoms with Crippen LogP contribution in [0.5, 0.6) is 0 Å². The van der Waals surface area contributed by atoms with Gasteiger partial charge in [0.1, 0.15) is 0 Å². The van der Waals surface area contributed by atoms with Crippen molar-refractivity contribution in [1.82, 2.24) is 10.6 Å². The van der Waals surface area contributed by atoms with Crippen LogP contribution < -0.4 is 10.6 Å². The van der Waals surface area contributed by atoms with E-state index in [2.05, 4.69) is 10.6 Å². The largest absolute Gasteiger partial charge is 0.394 e. The molecule has 0 radical (unpaired) electrons.